The van der Waals surface area contributed by atoms with Gasteiger partial charge in [-0.15, -0.1) is 90.7 Å². The van der Waals surface area contributed by atoms with Gasteiger partial charge in [0.1, 0.15) is 26.6 Å². The molecule has 37 nitrogen and oxygen atoms in total. The number of aldehydes is 1. The number of hydrogen-bond donors (Lipinski definition) is 8. The molecule has 0 fully saturated rings. The Morgan fingerprint density at radius 3 is 0.893 bits per heavy atom. The summed E-state index contributed by atoms with van der Waals surface area (Å²) >= 11 is 23.5. The van der Waals surface area contributed by atoms with Gasteiger partial charge in [-0.05, 0) is 259 Å². The number of carboxylic acids is 4. The van der Waals surface area contributed by atoms with Crippen molar-refractivity contribution in [1.29, 1.82) is 0 Å². The van der Waals surface area contributed by atoms with Crippen molar-refractivity contribution in [1.82, 2.24) is 0 Å². The van der Waals surface area contributed by atoms with E-state index in [1.54, 1.807) is 99.6 Å². The van der Waals surface area contributed by atoms with Crippen LogP contribution in [0.1, 0.15) is 199 Å². The average Bonchev–Trinajstić information content (AvgIpc) is 1.65. The second-order valence-corrected chi connectivity index (χ2v) is 44.6. The Labute approximate surface area is 949 Å². The number of thiophene rings is 8. The number of carbonyl (C=O) groups excluding carboxylic acids is 12. The molecule has 9 N–H and O–H groups in total. The predicted molar refractivity (Wildman–Crippen MR) is 582 cm³/mol. The summed E-state index contributed by atoms with van der Waals surface area (Å²) in [6, 6.07) is 43.6. The van der Waals surface area contributed by atoms with Crippen LogP contribution in [0.3, 0.4) is 0 Å². The third kappa shape index (κ3) is 42.7. The molecular weight excluding hydrogens is 2380 g/mol. The van der Waals surface area contributed by atoms with Crippen molar-refractivity contribution in [3.05, 3.63) is 222 Å². The van der Waals surface area contributed by atoms with Crippen LogP contribution < -0.4 is 70.2 Å². The Morgan fingerprint density at radius 1 is 0.367 bits per heavy atom. The zero-order chi connectivity index (χ0) is 111. The summed E-state index contributed by atoms with van der Waals surface area (Å²) in [6.07, 6.45) is 0.636. The SMILES string of the molecule is CC(=O)OOC(C)=O.CC(=O)c1ccc(CNc2cccc(-c3sc(C(=O)O)c(OCC(=O)O)c3Br)c2)s1.COC(=O)c1sc(-c2cccc(N)c2)c(Br)c1OCC(=O)OC(C)(C)C.COC(=O)c1sc(-c2cccc(NCc3ccc(C(=O)O)s3)c2)c(Br)c1OCC(=O)OC(C)(C)C.COC(=O)c1sc(-c2cccc(NCc3ccc(C(C)=O)s3)c2)c(Br)c1OCC(=O)OC(C)(C)C.O=Cc1ccc(C(=O)O)s1.[B-]OC(C)=O.[Na+]. The van der Waals surface area contributed by atoms with Gasteiger partial charge in [0.25, 0.3) is 0 Å². The molecule has 12 aromatic rings. The fourth-order valence-electron chi connectivity index (χ4n) is 11.4. The van der Waals surface area contributed by atoms with E-state index in [-0.39, 0.29) is 113 Å². The molecule has 0 aliphatic carbocycles. The number of nitrogen functional groups attached to an aromatic ring is 1. The monoisotopic (exact) mass is 2480 g/mol. The minimum absolute atomic E-state index is 0. The third-order valence-corrected chi connectivity index (χ3v) is 30.7. The maximum absolute atomic E-state index is 12.4. The molecule has 51 heteroatoms. The van der Waals surface area contributed by atoms with Gasteiger partial charge in [-0.25, -0.2) is 67.3 Å². The van der Waals surface area contributed by atoms with Crippen molar-refractivity contribution in [2.75, 3.05) is 69.4 Å². The number of benzene rings is 4. The molecule has 4 aromatic carbocycles. The number of nitrogens with one attached hydrogen (secondary N) is 3. The molecule has 0 unspecified atom stereocenters. The van der Waals surface area contributed by atoms with E-state index in [2.05, 4.69) is 102 Å². The summed E-state index contributed by atoms with van der Waals surface area (Å²) in [4.78, 5) is 195. The number of anilines is 4. The van der Waals surface area contributed by atoms with Gasteiger partial charge >= 0.3 is 101 Å². The summed E-state index contributed by atoms with van der Waals surface area (Å²) < 4.78 is 58.2. The van der Waals surface area contributed by atoms with Gasteiger partial charge in [0.15, 0.2) is 86.8 Å². The van der Waals surface area contributed by atoms with Crippen molar-refractivity contribution >= 4 is 281 Å². The van der Waals surface area contributed by atoms with Crippen LogP contribution in [0.5, 0.6) is 23.0 Å². The van der Waals surface area contributed by atoms with Crippen molar-refractivity contribution in [2.24, 2.45) is 0 Å². The Morgan fingerprint density at radius 2 is 0.647 bits per heavy atom. The Balaban J connectivity index is 0.000000328. The van der Waals surface area contributed by atoms with E-state index in [1.165, 1.54) is 115 Å². The van der Waals surface area contributed by atoms with Crippen molar-refractivity contribution in [2.45, 2.75) is 133 Å². The number of ketones is 2. The molecule has 12 rings (SSSR count). The van der Waals surface area contributed by atoms with Crippen LogP contribution in [-0.2, 0) is 96.0 Å². The number of rotatable bonds is 34. The van der Waals surface area contributed by atoms with Gasteiger partial charge in [-0.2, -0.15) is 0 Å². The number of Topliss-reactive ketones (excluding diaryl/α,β-unsaturated/α-hetero) is 2. The maximum Gasteiger partial charge on any atom is 1.00 e. The maximum atomic E-state index is 12.4. The molecule has 0 amide bonds. The Hall–Kier alpha value is -12.0. The first kappa shape index (κ1) is 128. The van der Waals surface area contributed by atoms with E-state index in [0.717, 1.165) is 110 Å². The zero-order valence-electron chi connectivity index (χ0n) is 83.4. The fourth-order valence-corrected chi connectivity index (χ4v) is 22.3. The van der Waals surface area contributed by atoms with Crippen molar-refractivity contribution in [3.63, 3.8) is 0 Å². The van der Waals surface area contributed by atoms with E-state index in [1.807, 2.05) is 103 Å². The summed E-state index contributed by atoms with van der Waals surface area (Å²) in [6.45, 7) is 22.4. The molecule has 8 heterocycles. The van der Waals surface area contributed by atoms with E-state index in [9.17, 15) is 81.8 Å². The minimum Gasteiger partial charge on any atom is -0.793 e. The standard InChI is InChI=1S/C25H26BrNO6S2.C24H24BrNO7S2.C20H16BrNO6S2.C18H20BrNO5S.C6H4O3S.C4H6O4.C2H3BO2.Na/c1-14(28)18-10-9-17(34-18)12-27-16-8-6-7-15(11-16)22-20(26)21(23(35-22)24(30)31-5)32-13-19(29)33-25(2,3)4;1-24(2,3)33-17(27)12-32-19-18(25)20(35-21(19)23(30)31-4)13-6-5-7-14(10-13)26-11-15-8-9-16(34-15)22(28)29;1-10(23)14-6-5-13(29-14)8-22-12-4-2-3-11(7-12)18-16(21)17(28-9-15(24)25)19(30-18)20(26)27;1-18(2,3)25-12(21)9-24-14-13(19)15(26-16(14)17(22)23-4)10-6-5-7-11(20)8-10;7-3-4-1-2-5(10-4)6(8)9;1-3(5)7-8-4(2)6;1-2(4)5-3;/h6-11,27H,12-13H2,1-5H3;5-10,26H,11-12H2,1-4H3,(H,28,29);2-7,22H,8-9H2,1H3,(H,24,25)(H,26,27);5-8H,9,20H2,1-4H3;1-3H,(H,8,9);1-2H3;1H3;/q;;;;;;-1;+1. The van der Waals surface area contributed by atoms with Gasteiger partial charge in [-0.3, -0.25) is 19.2 Å². The smallest absolute Gasteiger partial charge is 0.793 e. The number of halogens is 4. The Bertz CT molecular complexity index is 6610. The number of hydrogen-bond acceptors (Lipinski definition) is 41. The summed E-state index contributed by atoms with van der Waals surface area (Å²) in [5.41, 5.74) is 10.2. The molecule has 0 bridgehead atoms. The van der Waals surface area contributed by atoms with Crippen molar-refractivity contribution < 1.29 is 188 Å². The van der Waals surface area contributed by atoms with Crippen molar-refractivity contribution in [3.8, 4) is 64.8 Å². The van der Waals surface area contributed by atoms with Crippen LogP contribution in [0.25, 0.3) is 41.8 Å². The predicted octanol–water partition coefficient (Wildman–Crippen LogP) is 20.0. The normalized spacial score (nSPS) is 10.5. The van der Waals surface area contributed by atoms with Crippen LogP contribution in [0, 0.1) is 0 Å². The van der Waals surface area contributed by atoms with Gasteiger partial charge in [0.05, 0.1) is 73.4 Å². The second-order valence-electron chi connectivity index (χ2n) is 32.7. The number of nitrogens with two attached hydrogens (primary N) is 1. The molecule has 0 saturated heterocycles. The van der Waals surface area contributed by atoms with Crippen LogP contribution in [0.2, 0.25) is 0 Å². The number of aliphatic carboxylic acids is 1. The molecule has 0 spiro atoms. The molecule has 0 saturated carbocycles. The average molecular weight is 2480 g/mol. The molecule has 793 valence electrons. The summed E-state index contributed by atoms with van der Waals surface area (Å²) in [5.74, 6) is -8.62. The van der Waals surface area contributed by atoms with E-state index in [4.69, 9.17) is 68.4 Å². The molecule has 8 aromatic heterocycles. The summed E-state index contributed by atoms with van der Waals surface area (Å²) in [7, 11) is 8.17. The fraction of sp³-hybridized carbons (Fsp3) is 0.273. The first-order chi connectivity index (χ1) is 70.0. The van der Waals surface area contributed by atoms with Crippen LogP contribution >= 0.6 is 154 Å². The Kier molecular flexibility index (Phi) is 52.6. The number of aromatic carboxylic acids is 3. The van der Waals surface area contributed by atoms with Gasteiger partial charge in [0, 0.05) is 77.8 Å². The topological polar surface area (TPSA) is 536 Å². The number of methoxy groups -OCH3 is 3. The van der Waals surface area contributed by atoms with Crippen LogP contribution in [-0.4, -0.2) is 188 Å². The first-order valence-electron chi connectivity index (χ1n) is 43.1. The zero-order valence-corrected chi connectivity index (χ0v) is 98.3. The number of ether oxygens (including phenoxy) is 10. The van der Waals surface area contributed by atoms with E-state index in [0.29, 0.717) is 64.1 Å². The molecule has 0 aliphatic heterocycles. The largest absolute Gasteiger partial charge is 1.00 e. The molecule has 3 radical (unpaired) electrons. The first-order valence-corrected chi connectivity index (χ1v) is 52.8. The number of esters is 6. The molecule has 0 atom stereocenters. The molecule has 150 heavy (non-hydrogen) atoms. The third-order valence-electron chi connectivity index (χ3n) is 17.4. The van der Waals surface area contributed by atoms with Crippen LogP contribution in [0.15, 0.2) is 163 Å². The molecular formula is C99H99BBr4N4NaO33S8. The summed E-state index contributed by atoms with van der Waals surface area (Å²) in [5, 5.41) is 45.7. The van der Waals surface area contributed by atoms with Gasteiger partial charge < -0.3 is 102 Å². The number of carbonyl (C=O) groups is 16. The quantitative estimate of drug-likeness (QED) is 0.00271. The van der Waals surface area contributed by atoms with Gasteiger partial charge in [-0.1, -0.05) is 48.5 Å². The van der Waals surface area contributed by atoms with E-state index < -0.39 is 101 Å². The number of carboxylic acid groups (broad SMARTS) is 4. The van der Waals surface area contributed by atoms with E-state index >= 15 is 0 Å². The van der Waals surface area contributed by atoms with Crippen LogP contribution in [0.4, 0.5) is 22.7 Å². The van der Waals surface area contributed by atoms with Gasteiger partial charge in [0.2, 0.25) is 5.97 Å². The minimum atomic E-state index is -1.20. The second kappa shape index (κ2) is 61.5. The molecule has 0 aliphatic rings.